The lowest BCUT2D eigenvalue weighted by Gasteiger charge is -2.30. The molecule has 0 saturated carbocycles. The molecule has 2 aromatic rings. The molecule has 1 aliphatic rings. The van der Waals surface area contributed by atoms with Gasteiger partial charge in [0, 0.05) is 49.8 Å². The molecular formula is C19H22N4O2S. The lowest BCUT2D eigenvalue weighted by Crippen LogP contribution is -2.37. The van der Waals surface area contributed by atoms with Gasteiger partial charge in [0.1, 0.15) is 5.03 Å². The number of nitrogens with one attached hydrogen (secondary N) is 1. The zero-order valence-corrected chi connectivity index (χ0v) is 15.8. The van der Waals surface area contributed by atoms with Gasteiger partial charge in [-0.25, -0.2) is 4.98 Å². The molecule has 1 N–H and O–H groups in total. The first kappa shape index (κ1) is 18.4. The van der Waals surface area contributed by atoms with E-state index in [0.29, 0.717) is 13.1 Å². The molecule has 2 aromatic heterocycles. The predicted octanol–water partition coefficient (Wildman–Crippen LogP) is 2.63. The summed E-state index contributed by atoms with van der Waals surface area (Å²) in [6.07, 6.45) is 3.77. The molecule has 6 nitrogen and oxygen atoms in total. The van der Waals surface area contributed by atoms with E-state index in [1.807, 2.05) is 32.0 Å². The van der Waals surface area contributed by atoms with Crippen LogP contribution >= 0.6 is 11.8 Å². The maximum absolute atomic E-state index is 12.7. The monoisotopic (exact) mass is 370 g/mol. The summed E-state index contributed by atoms with van der Waals surface area (Å²) < 4.78 is 0. The highest BCUT2D eigenvalue weighted by Crippen LogP contribution is 2.36. The Labute approximate surface area is 157 Å². The SMILES string of the molecule is Cc1cc(C)c2c(n1)SCCN2C(=O)CCC(=O)NCc1cccnc1. The molecule has 0 radical (unpaired) electrons. The topological polar surface area (TPSA) is 75.2 Å². The van der Waals surface area contributed by atoms with Crippen molar-refractivity contribution in [2.24, 2.45) is 0 Å². The number of anilines is 1. The van der Waals surface area contributed by atoms with Crippen LogP contribution in [0.15, 0.2) is 35.6 Å². The van der Waals surface area contributed by atoms with E-state index in [0.717, 1.165) is 33.3 Å². The third-order valence-electron chi connectivity index (χ3n) is 4.18. The number of aromatic nitrogens is 2. The summed E-state index contributed by atoms with van der Waals surface area (Å²) in [6, 6.07) is 5.72. The molecule has 1 aliphatic heterocycles. The Morgan fingerprint density at radius 1 is 1.31 bits per heavy atom. The Balaban J connectivity index is 1.57. The number of hydrogen-bond acceptors (Lipinski definition) is 5. The highest BCUT2D eigenvalue weighted by molar-refractivity contribution is 7.99. The van der Waals surface area contributed by atoms with Crippen molar-refractivity contribution in [2.45, 2.75) is 38.3 Å². The van der Waals surface area contributed by atoms with E-state index in [4.69, 9.17) is 0 Å². The molecule has 26 heavy (non-hydrogen) atoms. The molecule has 136 valence electrons. The van der Waals surface area contributed by atoms with Gasteiger partial charge in [-0.2, -0.15) is 0 Å². The molecule has 0 spiro atoms. The van der Waals surface area contributed by atoms with Gasteiger partial charge in [0.25, 0.3) is 0 Å². The summed E-state index contributed by atoms with van der Waals surface area (Å²) in [6.45, 7) is 5.03. The minimum absolute atomic E-state index is 0.0307. The second-order valence-electron chi connectivity index (χ2n) is 6.27. The van der Waals surface area contributed by atoms with E-state index in [2.05, 4.69) is 15.3 Å². The Morgan fingerprint density at radius 3 is 2.92 bits per heavy atom. The van der Waals surface area contributed by atoms with Gasteiger partial charge in [-0.3, -0.25) is 14.6 Å². The van der Waals surface area contributed by atoms with E-state index in [1.54, 1.807) is 29.1 Å². The summed E-state index contributed by atoms with van der Waals surface area (Å²) in [5.41, 5.74) is 3.84. The van der Waals surface area contributed by atoms with Crippen LogP contribution in [-0.4, -0.2) is 34.1 Å². The maximum atomic E-state index is 12.7. The van der Waals surface area contributed by atoms with Crippen molar-refractivity contribution in [3.8, 4) is 0 Å². The standard InChI is InChI=1S/C19H22N4O2S/c1-13-10-14(2)22-19-18(13)23(8-9-26-19)17(25)6-5-16(24)21-12-15-4-3-7-20-11-15/h3-4,7,10-11H,5-6,8-9,12H2,1-2H3,(H,21,24). The number of rotatable bonds is 5. The van der Waals surface area contributed by atoms with Gasteiger partial charge in [0.2, 0.25) is 11.8 Å². The van der Waals surface area contributed by atoms with Gasteiger partial charge in [-0.1, -0.05) is 6.07 Å². The fraction of sp³-hybridized carbons (Fsp3) is 0.368. The van der Waals surface area contributed by atoms with Crippen LogP contribution < -0.4 is 10.2 Å². The molecule has 2 amide bonds. The first-order valence-electron chi connectivity index (χ1n) is 8.61. The maximum Gasteiger partial charge on any atom is 0.227 e. The van der Waals surface area contributed by atoms with Crippen molar-refractivity contribution in [2.75, 3.05) is 17.2 Å². The molecule has 0 fully saturated rings. The van der Waals surface area contributed by atoms with Crippen LogP contribution in [0.3, 0.4) is 0 Å². The van der Waals surface area contributed by atoms with Crippen molar-refractivity contribution in [3.63, 3.8) is 0 Å². The predicted molar refractivity (Wildman–Crippen MR) is 102 cm³/mol. The van der Waals surface area contributed by atoms with Crippen LogP contribution in [0.25, 0.3) is 0 Å². The van der Waals surface area contributed by atoms with Gasteiger partial charge >= 0.3 is 0 Å². The minimum atomic E-state index is -0.132. The zero-order valence-electron chi connectivity index (χ0n) is 15.0. The fourth-order valence-corrected chi connectivity index (χ4v) is 4.05. The van der Waals surface area contributed by atoms with Crippen LogP contribution in [0.4, 0.5) is 5.69 Å². The van der Waals surface area contributed by atoms with Crippen LogP contribution in [0, 0.1) is 13.8 Å². The fourth-order valence-electron chi connectivity index (χ4n) is 2.97. The number of fused-ring (bicyclic) bond motifs is 1. The van der Waals surface area contributed by atoms with Gasteiger partial charge in [-0.05, 0) is 37.1 Å². The van der Waals surface area contributed by atoms with Crippen molar-refractivity contribution in [1.82, 2.24) is 15.3 Å². The second kappa shape index (κ2) is 8.31. The largest absolute Gasteiger partial charge is 0.352 e. The Kier molecular flexibility index (Phi) is 5.88. The lowest BCUT2D eigenvalue weighted by molar-refractivity contribution is -0.125. The van der Waals surface area contributed by atoms with E-state index in [1.165, 1.54) is 0 Å². The van der Waals surface area contributed by atoms with Crippen molar-refractivity contribution in [1.29, 1.82) is 0 Å². The number of thioether (sulfide) groups is 1. The van der Waals surface area contributed by atoms with Crippen LogP contribution in [0.5, 0.6) is 0 Å². The van der Waals surface area contributed by atoms with E-state index in [9.17, 15) is 9.59 Å². The summed E-state index contributed by atoms with van der Waals surface area (Å²) in [5.74, 6) is 0.659. The average Bonchev–Trinajstić information content (AvgIpc) is 2.64. The molecule has 3 rings (SSSR count). The minimum Gasteiger partial charge on any atom is -0.352 e. The number of carbonyl (C=O) groups excluding carboxylic acids is 2. The Bertz CT molecular complexity index is 811. The molecule has 7 heteroatoms. The summed E-state index contributed by atoms with van der Waals surface area (Å²) >= 11 is 1.68. The second-order valence-corrected chi connectivity index (χ2v) is 7.35. The third kappa shape index (κ3) is 4.40. The first-order chi connectivity index (χ1) is 12.5. The van der Waals surface area contributed by atoms with Crippen LogP contribution in [0.2, 0.25) is 0 Å². The highest BCUT2D eigenvalue weighted by Gasteiger charge is 2.26. The third-order valence-corrected chi connectivity index (χ3v) is 5.13. The van der Waals surface area contributed by atoms with Gasteiger partial charge < -0.3 is 10.2 Å². The molecule has 0 bridgehead atoms. The van der Waals surface area contributed by atoms with Crippen LogP contribution in [0.1, 0.15) is 29.7 Å². The number of hydrogen-bond donors (Lipinski definition) is 1. The first-order valence-corrected chi connectivity index (χ1v) is 9.60. The highest BCUT2D eigenvalue weighted by atomic mass is 32.2. The number of aryl methyl sites for hydroxylation is 2. The van der Waals surface area contributed by atoms with Gasteiger partial charge in [0.15, 0.2) is 0 Å². The molecule has 0 saturated heterocycles. The van der Waals surface area contributed by atoms with Gasteiger partial charge in [-0.15, -0.1) is 11.8 Å². The van der Waals surface area contributed by atoms with Gasteiger partial charge in [0.05, 0.1) is 5.69 Å². The van der Waals surface area contributed by atoms with Crippen LogP contribution in [-0.2, 0) is 16.1 Å². The Hall–Kier alpha value is -2.41. The number of carbonyl (C=O) groups is 2. The van der Waals surface area contributed by atoms with E-state index < -0.39 is 0 Å². The normalized spacial score (nSPS) is 13.2. The van der Waals surface area contributed by atoms with Crippen molar-refractivity contribution in [3.05, 3.63) is 47.4 Å². The molecule has 3 heterocycles. The smallest absolute Gasteiger partial charge is 0.227 e. The number of amides is 2. The number of pyridine rings is 2. The summed E-state index contributed by atoms with van der Waals surface area (Å²) in [4.78, 5) is 35.1. The molecule has 0 aromatic carbocycles. The average molecular weight is 370 g/mol. The van der Waals surface area contributed by atoms with Crippen molar-refractivity contribution < 1.29 is 9.59 Å². The lowest BCUT2D eigenvalue weighted by atomic mass is 10.1. The quantitative estimate of drug-likeness (QED) is 0.876. The zero-order chi connectivity index (χ0) is 18.5. The molecule has 0 aliphatic carbocycles. The molecule has 0 unspecified atom stereocenters. The van der Waals surface area contributed by atoms with Crippen molar-refractivity contribution >= 4 is 29.3 Å². The Morgan fingerprint density at radius 2 is 2.15 bits per heavy atom. The number of nitrogens with zero attached hydrogens (tertiary/aromatic N) is 3. The summed E-state index contributed by atoms with van der Waals surface area (Å²) in [7, 11) is 0. The van der Waals surface area contributed by atoms with E-state index in [-0.39, 0.29) is 24.7 Å². The molecular weight excluding hydrogens is 348 g/mol. The van der Waals surface area contributed by atoms with E-state index >= 15 is 0 Å². The summed E-state index contributed by atoms with van der Waals surface area (Å²) in [5, 5.41) is 3.73. The molecule has 0 atom stereocenters.